The first-order valence-corrected chi connectivity index (χ1v) is 6.33. The van der Waals surface area contributed by atoms with Gasteiger partial charge in [-0.3, -0.25) is 0 Å². The Balaban J connectivity index is 2.04. The summed E-state index contributed by atoms with van der Waals surface area (Å²) in [6, 6.07) is 13.2. The average Bonchev–Trinajstić information content (AvgIpc) is 2.39. The summed E-state index contributed by atoms with van der Waals surface area (Å²) in [6.45, 7) is 2.47. The molecular formula is C16H16F2O. The van der Waals surface area contributed by atoms with Crippen LogP contribution in [0.15, 0.2) is 48.5 Å². The molecule has 2 rings (SSSR count). The van der Waals surface area contributed by atoms with Crippen LogP contribution in [0.25, 0.3) is 0 Å². The van der Waals surface area contributed by atoms with Crippen LogP contribution in [0.2, 0.25) is 0 Å². The highest BCUT2D eigenvalue weighted by Crippen LogP contribution is 2.22. The van der Waals surface area contributed by atoms with Crippen LogP contribution < -0.4 is 4.74 Å². The summed E-state index contributed by atoms with van der Waals surface area (Å²) in [5, 5.41) is 0. The van der Waals surface area contributed by atoms with Crippen LogP contribution >= 0.6 is 0 Å². The van der Waals surface area contributed by atoms with E-state index in [9.17, 15) is 8.78 Å². The van der Waals surface area contributed by atoms with Gasteiger partial charge in [0.05, 0.1) is 6.61 Å². The lowest BCUT2D eigenvalue weighted by atomic mass is 9.98. The van der Waals surface area contributed by atoms with Crippen molar-refractivity contribution in [2.75, 3.05) is 6.61 Å². The molecular weight excluding hydrogens is 246 g/mol. The summed E-state index contributed by atoms with van der Waals surface area (Å²) >= 11 is 0. The van der Waals surface area contributed by atoms with E-state index >= 15 is 0 Å². The number of rotatable bonds is 5. The molecule has 0 aliphatic rings. The summed E-state index contributed by atoms with van der Waals surface area (Å²) in [7, 11) is 0. The predicted octanol–water partition coefficient (Wildman–Crippen LogP) is 4.54. The molecule has 0 aliphatic heterocycles. The van der Waals surface area contributed by atoms with E-state index in [4.69, 9.17) is 4.74 Å². The van der Waals surface area contributed by atoms with Crippen molar-refractivity contribution in [3.8, 4) is 5.75 Å². The van der Waals surface area contributed by atoms with Crippen LogP contribution in [0.4, 0.5) is 8.78 Å². The van der Waals surface area contributed by atoms with Crippen LogP contribution in [0, 0.1) is 11.6 Å². The van der Waals surface area contributed by atoms with Crippen molar-refractivity contribution in [3.05, 3.63) is 65.7 Å². The fraction of sp³-hybridized carbons (Fsp3) is 0.250. The first-order chi connectivity index (χ1) is 9.19. The minimum Gasteiger partial charge on any atom is -0.493 e. The van der Waals surface area contributed by atoms with Gasteiger partial charge in [0.25, 0.3) is 0 Å². The second-order valence-electron chi connectivity index (χ2n) is 4.43. The molecule has 0 spiro atoms. The summed E-state index contributed by atoms with van der Waals surface area (Å²) < 4.78 is 31.6. The quantitative estimate of drug-likeness (QED) is 0.768. The lowest BCUT2D eigenvalue weighted by Gasteiger charge is -2.16. The molecule has 0 aromatic heterocycles. The summed E-state index contributed by atoms with van der Waals surface area (Å²) in [5.41, 5.74) is 1.17. The zero-order valence-electron chi connectivity index (χ0n) is 10.8. The maximum absolute atomic E-state index is 13.0. The first-order valence-electron chi connectivity index (χ1n) is 6.33. The molecule has 0 saturated carbocycles. The van der Waals surface area contributed by atoms with Gasteiger partial charge in [-0.15, -0.1) is 0 Å². The summed E-state index contributed by atoms with van der Waals surface area (Å²) in [6.07, 6.45) is 0.905. The van der Waals surface area contributed by atoms with E-state index < -0.39 is 11.6 Å². The van der Waals surface area contributed by atoms with E-state index in [0.717, 1.165) is 12.5 Å². The van der Waals surface area contributed by atoms with Gasteiger partial charge in [0.1, 0.15) is 17.4 Å². The maximum Gasteiger partial charge on any atom is 0.129 e. The zero-order valence-corrected chi connectivity index (χ0v) is 10.8. The van der Waals surface area contributed by atoms with Gasteiger partial charge < -0.3 is 4.74 Å². The normalized spacial score (nSPS) is 12.2. The Morgan fingerprint density at radius 1 is 1.00 bits per heavy atom. The molecule has 2 aromatic rings. The molecule has 0 amide bonds. The third kappa shape index (κ3) is 3.78. The Kier molecular flexibility index (Phi) is 4.50. The Bertz CT molecular complexity index is 505. The Morgan fingerprint density at radius 2 is 1.63 bits per heavy atom. The van der Waals surface area contributed by atoms with Gasteiger partial charge in [-0.25, -0.2) is 8.78 Å². The SMILES string of the molecule is CCC(COc1cc(F)cc(F)c1)c1ccccc1. The molecule has 19 heavy (non-hydrogen) atoms. The molecule has 1 atom stereocenters. The van der Waals surface area contributed by atoms with Crippen molar-refractivity contribution in [1.82, 2.24) is 0 Å². The second kappa shape index (κ2) is 6.32. The van der Waals surface area contributed by atoms with Crippen molar-refractivity contribution >= 4 is 0 Å². The molecule has 0 aliphatic carbocycles. The number of hydrogen-bond acceptors (Lipinski definition) is 1. The molecule has 1 unspecified atom stereocenters. The summed E-state index contributed by atoms with van der Waals surface area (Å²) in [5.74, 6) is -0.801. The molecule has 100 valence electrons. The molecule has 3 heteroatoms. The fourth-order valence-electron chi connectivity index (χ4n) is 1.98. The predicted molar refractivity (Wildman–Crippen MR) is 71.3 cm³/mol. The molecule has 1 nitrogen and oxygen atoms in total. The monoisotopic (exact) mass is 262 g/mol. The van der Waals surface area contributed by atoms with Crippen LogP contribution in [-0.2, 0) is 0 Å². The van der Waals surface area contributed by atoms with Gasteiger partial charge >= 0.3 is 0 Å². The maximum atomic E-state index is 13.0. The van der Waals surface area contributed by atoms with Crippen molar-refractivity contribution in [3.63, 3.8) is 0 Å². The van der Waals surface area contributed by atoms with Crippen molar-refractivity contribution in [1.29, 1.82) is 0 Å². The number of benzene rings is 2. The van der Waals surface area contributed by atoms with Gasteiger partial charge in [0.2, 0.25) is 0 Å². The lowest BCUT2D eigenvalue weighted by Crippen LogP contribution is -2.09. The van der Waals surface area contributed by atoms with E-state index in [1.54, 1.807) is 0 Å². The highest BCUT2D eigenvalue weighted by molar-refractivity contribution is 5.25. The molecule has 0 radical (unpaired) electrons. The highest BCUT2D eigenvalue weighted by Gasteiger charge is 2.10. The Hall–Kier alpha value is -1.90. The molecule has 0 N–H and O–H groups in total. The smallest absolute Gasteiger partial charge is 0.129 e. The van der Waals surface area contributed by atoms with Crippen LogP contribution in [-0.4, -0.2) is 6.61 Å². The van der Waals surface area contributed by atoms with Crippen molar-refractivity contribution in [2.45, 2.75) is 19.3 Å². The minimum absolute atomic E-state index is 0.215. The van der Waals surface area contributed by atoms with E-state index in [1.165, 1.54) is 17.7 Å². The molecule has 2 aromatic carbocycles. The van der Waals surface area contributed by atoms with Crippen LogP contribution in [0.5, 0.6) is 5.75 Å². The molecule has 0 heterocycles. The third-order valence-corrected chi connectivity index (χ3v) is 3.05. The Labute approximate surface area is 111 Å². The Morgan fingerprint density at radius 3 is 2.21 bits per heavy atom. The van der Waals surface area contributed by atoms with Crippen LogP contribution in [0.3, 0.4) is 0 Å². The fourth-order valence-corrected chi connectivity index (χ4v) is 1.98. The standard InChI is InChI=1S/C16H16F2O/c1-2-12(13-6-4-3-5-7-13)11-19-16-9-14(17)8-15(18)10-16/h3-10,12H,2,11H2,1H3. The van der Waals surface area contributed by atoms with Crippen LogP contribution in [0.1, 0.15) is 24.8 Å². The molecule has 0 saturated heterocycles. The van der Waals surface area contributed by atoms with E-state index in [1.807, 2.05) is 30.3 Å². The summed E-state index contributed by atoms with van der Waals surface area (Å²) in [4.78, 5) is 0. The molecule has 0 bridgehead atoms. The van der Waals surface area contributed by atoms with Crippen molar-refractivity contribution < 1.29 is 13.5 Å². The number of ether oxygens (including phenoxy) is 1. The zero-order chi connectivity index (χ0) is 13.7. The van der Waals surface area contributed by atoms with E-state index in [0.29, 0.717) is 6.61 Å². The van der Waals surface area contributed by atoms with Gasteiger partial charge in [-0.2, -0.15) is 0 Å². The first kappa shape index (κ1) is 13.5. The van der Waals surface area contributed by atoms with Gasteiger partial charge in [0.15, 0.2) is 0 Å². The molecule has 0 fully saturated rings. The third-order valence-electron chi connectivity index (χ3n) is 3.05. The lowest BCUT2D eigenvalue weighted by molar-refractivity contribution is 0.282. The minimum atomic E-state index is -0.622. The number of halogens is 2. The van der Waals surface area contributed by atoms with Gasteiger partial charge in [-0.1, -0.05) is 37.3 Å². The second-order valence-corrected chi connectivity index (χ2v) is 4.43. The topological polar surface area (TPSA) is 9.23 Å². The van der Waals surface area contributed by atoms with Gasteiger partial charge in [-0.05, 0) is 12.0 Å². The largest absolute Gasteiger partial charge is 0.493 e. The van der Waals surface area contributed by atoms with Gasteiger partial charge in [0, 0.05) is 24.1 Å². The number of hydrogen-bond donors (Lipinski definition) is 0. The highest BCUT2D eigenvalue weighted by atomic mass is 19.1. The average molecular weight is 262 g/mol. The van der Waals surface area contributed by atoms with E-state index in [-0.39, 0.29) is 11.7 Å². The van der Waals surface area contributed by atoms with Crippen molar-refractivity contribution in [2.24, 2.45) is 0 Å². The van der Waals surface area contributed by atoms with E-state index in [2.05, 4.69) is 6.92 Å².